The molecular weight excluding hydrogens is 394 g/mol. The fourth-order valence-corrected chi connectivity index (χ4v) is 3.36. The van der Waals surface area contributed by atoms with Crippen molar-refractivity contribution in [2.75, 3.05) is 25.0 Å². The van der Waals surface area contributed by atoms with E-state index in [2.05, 4.69) is 5.32 Å². The van der Waals surface area contributed by atoms with Gasteiger partial charge in [-0.3, -0.25) is 14.5 Å². The van der Waals surface area contributed by atoms with Gasteiger partial charge in [0, 0.05) is 12.2 Å². The van der Waals surface area contributed by atoms with Gasteiger partial charge in [-0.1, -0.05) is 0 Å². The molecule has 1 aromatic rings. The maximum Gasteiger partial charge on any atom is 0.341 e. The SMILES string of the molecule is Cl.O=C(CN1CCCC(C(=O)O)C1)Nc1ccc(S(=O)(=O)C(F)F)cc1. The highest BCUT2D eigenvalue weighted by molar-refractivity contribution is 7.91. The fourth-order valence-electron chi connectivity index (χ4n) is 2.64. The zero-order chi connectivity index (χ0) is 18.6. The van der Waals surface area contributed by atoms with Crippen LogP contribution in [0.3, 0.4) is 0 Å². The van der Waals surface area contributed by atoms with Gasteiger partial charge in [0.25, 0.3) is 0 Å². The van der Waals surface area contributed by atoms with Crippen molar-refractivity contribution in [2.45, 2.75) is 23.5 Å². The van der Waals surface area contributed by atoms with E-state index in [0.717, 1.165) is 12.1 Å². The lowest BCUT2D eigenvalue weighted by Crippen LogP contribution is -2.42. The first-order chi connectivity index (χ1) is 11.7. The molecule has 7 nitrogen and oxygen atoms in total. The van der Waals surface area contributed by atoms with Crippen LogP contribution in [0.25, 0.3) is 0 Å². The number of nitrogens with zero attached hydrogens (tertiary/aromatic N) is 1. The summed E-state index contributed by atoms with van der Waals surface area (Å²) in [6.45, 7) is 0.901. The van der Waals surface area contributed by atoms with Gasteiger partial charge in [-0.15, -0.1) is 12.4 Å². The number of carbonyl (C=O) groups excluding carboxylic acids is 1. The minimum atomic E-state index is -4.67. The summed E-state index contributed by atoms with van der Waals surface area (Å²) in [7, 11) is -4.67. The topological polar surface area (TPSA) is 104 Å². The first-order valence-corrected chi connectivity index (χ1v) is 9.12. The molecule has 1 aliphatic rings. The van der Waals surface area contributed by atoms with E-state index in [1.165, 1.54) is 12.1 Å². The molecule has 1 amide bonds. The Morgan fingerprint density at radius 2 is 1.88 bits per heavy atom. The van der Waals surface area contributed by atoms with Crippen LogP contribution in [0, 0.1) is 5.92 Å². The lowest BCUT2D eigenvalue weighted by Gasteiger charge is -2.29. The maximum atomic E-state index is 12.5. The van der Waals surface area contributed by atoms with Crippen LogP contribution in [0.2, 0.25) is 0 Å². The number of piperidine rings is 1. The van der Waals surface area contributed by atoms with Crippen LogP contribution in [0.1, 0.15) is 12.8 Å². The highest BCUT2D eigenvalue weighted by Crippen LogP contribution is 2.20. The molecule has 0 bridgehead atoms. The van der Waals surface area contributed by atoms with Gasteiger partial charge in [-0.2, -0.15) is 8.78 Å². The largest absolute Gasteiger partial charge is 0.481 e. The minimum Gasteiger partial charge on any atom is -0.481 e. The number of nitrogens with one attached hydrogen (secondary N) is 1. The number of halogens is 3. The maximum absolute atomic E-state index is 12.5. The van der Waals surface area contributed by atoms with E-state index in [0.29, 0.717) is 19.4 Å². The number of carboxylic acid groups (broad SMARTS) is 1. The molecular formula is C15H19ClF2N2O5S. The second-order valence-electron chi connectivity index (χ2n) is 5.79. The third kappa shape index (κ3) is 5.61. The summed E-state index contributed by atoms with van der Waals surface area (Å²) in [5, 5.41) is 11.6. The Bertz CT molecular complexity index is 743. The smallest absolute Gasteiger partial charge is 0.341 e. The number of likely N-dealkylation sites (tertiary alicyclic amines) is 1. The number of sulfone groups is 1. The number of anilines is 1. The quantitative estimate of drug-likeness (QED) is 0.738. The first-order valence-electron chi connectivity index (χ1n) is 7.57. The molecule has 2 rings (SSSR count). The average Bonchev–Trinajstić information content (AvgIpc) is 2.55. The van der Waals surface area contributed by atoms with Crippen molar-refractivity contribution in [3.8, 4) is 0 Å². The van der Waals surface area contributed by atoms with Crippen LogP contribution in [-0.4, -0.2) is 55.7 Å². The number of benzene rings is 1. The molecule has 26 heavy (non-hydrogen) atoms. The molecule has 2 N–H and O–H groups in total. The zero-order valence-electron chi connectivity index (χ0n) is 13.6. The fraction of sp³-hybridized carbons (Fsp3) is 0.467. The van der Waals surface area contributed by atoms with Gasteiger partial charge >= 0.3 is 11.7 Å². The second kappa shape index (κ2) is 9.24. The predicted molar refractivity (Wildman–Crippen MR) is 92.3 cm³/mol. The monoisotopic (exact) mass is 412 g/mol. The Hall–Kier alpha value is -1.78. The zero-order valence-corrected chi connectivity index (χ0v) is 15.2. The van der Waals surface area contributed by atoms with E-state index < -0.39 is 38.3 Å². The minimum absolute atomic E-state index is 0. The van der Waals surface area contributed by atoms with E-state index in [9.17, 15) is 26.8 Å². The molecule has 0 saturated carbocycles. The molecule has 1 aliphatic heterocycles. The van der Waals surface area contributed by atoms with Crippen molar-refractivity contribution in [1.29, 1.82) is 0 Å². The summed E-state index contributed by atoms with van der Waals surface area (Å²) in [6, 6.07) is 4.45. The van der Waals surface area contributed by atoms with Crippen LogP contribution in [0.15, 0.2) is 29.2 Å². The van der Waals surface area contributed by atoms with Crippen molar-refractivity contribution in [3.05, 3.63) is 24.3 Å². The average molecular weight is 413 g/mol. The summed E-state index contributed by atoms with van der Waals surface area (Å²) in [6.07, 6.45) is 1.26. The number of hydrogen-bond acceptors (Lipinski definition) is 5. The third-order valence-electron chi connectivity index (χ3n) is 3.92. The molecule has 0 spiro atoms. The van der Waals surface area contributed by atoms with Crippen molar-refractivity contribution in [2.24, 2.45) is 5.92 Å². The highest BCUT2D eigenvalue weighted by atomic mass is 35.5. The Morgan fingerprint density at radius 1 is 1.27 bits per heavy atom. The second-order valence-corrected chi connectivity index (χ2v) is 7.71. The number of aliphatic carboxylic acids is 1. The van der Waals surface area contributed by atoms with Crippen LogP contribution in [0.4, 0.5) is 14.5 Å². The van der Waals surface area contributed by atoms with Gasteiger partial charge in [0.2, 0.25) is 15.7 Å². The van der Waals surface area contributed by atoms with E-state index in [4.69, 9.17) is 5.11 Å². The summed E-state index contributed by atoms with van der Waals surface area (Å²) in [4.78, 5) is 24.2. The van der Waals surface area contributed by atoms with Crippen molar-refractivity contribution in [3.63, 3.8) is 0 Å². The molecule has 0 aromatic heterocycles. The molecule has 0 radical (unpaired) electrons. The van der Waals surface area contributed by atoms with Gasteiger partial charge in [0.05, 0.1) is 17.4 Å². The predicted octanol–water partition coefficient (Wildman–Crippen LogP) is 1.84. The summed E-state index contributed by atoms with van der Waals surface area (Å²) in [5.74, 6) is -5.29. The van der Waals surface area contributed by atoms with Gasteiger partial charge < -0.3 is 10.4 Å². The van der Waals surface area contributed by atoms with Gasteiger partial charge in [-0.05, 0) is 43.7 Å². The van der Waals surface area contributed by atoms with Crippen LogP contribution in [-0.2, 0) is 19.4 Å². The van der Waals surface area contributed by atoms with Gasteiger partial charge in [-0.25, -0.2) is 8.42 Å². The molecule has 1 saturated heterocycles. The van der Waals surface area contributed by atoms with Crippen molar-refractivity contribution >= 4 is 39.8 Å². The summed E-state index contributed by atoms with van der Waals surface area (Å²) in [5.41, 5.74) is 0.269. The Kier molecular flexibility index (Phi) is 7.91. The number of carboxylic acids is 1. The number of alkyl halides is 2. The standard InChI is InChI=1S/C15H18F2N2O5S.ClH/c16-15(17)25(23,24)12-5-3-11(4-6-12)18-13(20)9-19-7-1-2-10(8-19)14(21)22;/h3-6,10,15H,1-2,7-9H2,(H,18,20)(H,21,22);1H. The summed E-state index contributed by atoms with van der Waals surface area (Å²) >= 11 is 0. The number of hydrogen-bond donors (Lipinski definition) is 2. The first kappa shape index (κ1) is 22.3. The van der Waals surface area contributed by atoms with E-state index >= 15 is 0 Å². The van der Waals surface area contributed by atoms with Gasteiger partial charge in [0.1, 0.15) is 0 Å². The normalized spacial score (nSPS) is 18.2. The van der Waals surface area contributed by atoms with Crippen LogP contribution < -0.4 is 5.32 Å². The van der Waals surface area contributed by atoms with E-state index in [-0.39, 0.29) is 31.2 Å². The van der Waals surface area contributed by atoms with Crippen molar-refractivity contribution < 1.29 is 31.9 Å². The Balaban J connectivity index is 0.00000338. The molecule has 1 atom stereocenters. The molecule has 1 heterocycles. The summed E-state index contributed by atoms with van der Waals surface area (Å²) < 4.78 is 47.5. The lowest BCUT2D eigenvalue weighted by atomic mass is 9.98. The van der Waals surface area contributed by atoms with Crippen LogP contribution >= 0.6 is 12.4 Å². The number of rotatable bonds is 6. The molecule has 11 heteroatoms. The number of amides is 1. The van der Waals surface area contributed by atoms with Crippen molar-refractivity contribution in [1.82, 2.24) is 4.90 Å². The number of carbonyl (C=O) groups is 2. The lowest BCUT2D eigenvalue weighted by molar-refractivity contribution is -0.144. The molecule has 0 aliphatic carbocycles. The third-order valence-corrected chi connectivity index (χ3v) is 5.32. The van der Waals surface area contributed by atoms with Gasteiger partial charge in [0.15, 0.2) is 0 Å². The Morgan fingerprint density at radius 3 is 2.42 bits per heavy atom. The van der Waals surface area contributed by atoms with E-state index in [1.54, 1.807) is 4.90 Å². The molecule has 1 aromatic carbocycles. The van der Waals surface area contributed by atoms with E-state index in [1.807, 2.05) is 0 Å². The molecule has 1 fully saturated rings. The molecule has 1 unspecified atom stereocenters. The Labute approximate surface area is 155 Å². The van der Waals surface area contributed by atoms with Crippen LogP contribution in [0.5, 0.6) is 0 Å². The highest BCUT2D eigenvalue weighted by Gasteiger charge is 2.27. The molecule has 146 valence electrons.